The molecule has 0 bridgehead atoms. The first-order valence-electron chi connectivity index (χ1n) is 9.18. The van der Waals surface area contributed by atoms with Gasteiger partial charge in [0.2, 0.25) is 0 Å². The summed E-state index contributed by atoms with van der Waals surface area (Å²) in [5.41, 5.74) is 3.62. The van der Waals surface area contributed by atoms with Crippen molar-refractivity contribution in [3.63, 3.8) is 0 Å². The monoisotopic (exact) mass is 374 g/mol. The van der Waals surface area contributed by atoms with Crippen LogP contribution in [0.5, 0.6) is 0 Å². The Labute approximate surface area is 163 Å². The number of hydrogen-bond acceptors (Lipinski definition) is 6. The number of aliphatic hydroxyl groups excluding tert-OH is 1. The number of pyridine rings is 1. The molecule has 2 N–H and O–H groups in total. The summed E-state index contributed by atoms with van der Waals surface area (Å²) in [7, 11) is 1.87. The van der Waals surface area contributed by atoms with Crippen molar-refractivity contribution in [3.8, 4) is 11.4 Å². The molecule has 0 aliphatic rings. The van der Waals surface area contributed by atoms with Crippen LogP contribution in [-0.2, 0) is 13.5 Å². The van der Waals surface area contributed by atoms with Gasteiger partial charge in [-0.1, -0.05) is 30.3 Å². The van der Waals surface area contributed by atoms with Crippen LogP contribution in [0.4, 0.5) is 5.82 Å². The highest BCUT2D eigenvalue weighted by atomic mass is 16.3. The average molecular weight is 374 g/mol. The van der Waals surface area contributed by atoms with E-state index >= 15 is 0 Å². The molecule has 0 amide bonds. The van der Waals surface area contributed by atoms with E-state index in [1.807, 2.05) is 44.3 Å². The molecule has 1 atom stereocenters. The number of anilines is 1. The normalized spacial score (nSPS) is 12.2. The van der Waals surface area contributed by atoms with Crippen LogP contribution >= 0.6 is 0 Å². The second kappa shape index (κ2) is 7.74. The van der Waals surface area contributed by atoms with Gasteiger partial charge in [-0.3, -0.25) is 9.67 Å². The number of aryl methyl sites for hydroxylation is 2. The van der Waals surface area contributed by atoms with Gasteiger partial charge in [0.25, 0.3) is 0 Å². The molecule has 3 heterocycles. The quantitative estimate of drug-likeness (QED) is 0.539. The average Bonchev–Trinajstić information content (AvgIpc) is 3.02. The second-order valence-electron chi connectivity index (χ2n) is 6.75. The van der Waals surface area contributed by atoms with E-state index in [1.54, 1.807) is 17.1 Å². The first kappa shape index (κ1) is 18.1. The zero-order chi connectivity index (χ0) is 19.5. The Kier molecular flexibility index (Phi) is 4.99. The molecule has 3 aromatic heterocycles. The zero-order valence-corrected chi connectivity index (χ0v) is 15.9. The number of benzene rings is 1. The van der Waals surface area contributed by atoms with Crippen molar-refractivity contribution < 1.29 is 5.11 Å². The SMILES string of the molecule is Cc1nn(C)c2nc(-c3ccncc3)nc(N[C@@H](CO)Cc3ccccc3)c12. The molecule has 4 rings (SSSR count). The van der Waals surface area contributed by atoms with Crippen LogP contribution in [0.1, 0.15) is 11.3 Å². The lowest BCUT2D eigenvalue weighted by Gasteiger charge is -2.18. The summed E-state index contributed by atoms with van der Waals surface area (Å²) in [6.45, 7) is 1.93. The lowest BCUT2D eigenvalue weighted by Crippen LogP contribution is -2.27. The summed E-state index contributed by atoms with van der Waals surface area (Å²) in [6, 6.07) is 13.7. The van der Waals surface area contributed by atoms with Crippen molar-refractivity contribution in [1.82, 2.24) is 24.7 Å². The summed E-state index contributed by atoms with van der Waals surface area (Å²) in [6.07, 6.45) is 4.12. The van der Waals surface area contributed by atoms with Crippen LogP contribution in [0, 0.1) is 6.92 Å². The molecule has 142 valence electrons. The zero-order valence-electron chi connectivity index (χ0n) is 15.9. The molecule has 0 fully saturated rings. The maximum atomic E-state index is 9.95. The molecule has 1 aromatic carbocycles. The Morgan fingerprint density at radius 3 is 2.54 bits per heavy atom. The maximum absolute atomic E-state index is 9.95. The van der Waals surface area contributed by atoms with E-state index in [0.717, 1.165) is 27.9 Å². The van der Waals surface area contributed by atoms with Gasteiger partial charge in [0.1, 0.15) is 5.82 Å². The summed E-state index contributed by atoms with van der Waals surface area (Å²) in [5, 5.41) is 18.7. The summed E-state index contributed by atoms with van der Waals surface area (Å²) < 4.78 is 1.76. The van der Waals surface area contributed by atoms with Gasteiger partial charge in [-0.25, -0.2) is 9.97 Å². The van der Waals surface area contributed by atoms with E-state index in [9.17, 15) is 5.11 Å². The standard InChI is InChI=1S/C21H22N6O/c1-14-18-20(23-17(13-28)12-15-6-4-3-5-7-15)24-19(16-8-10-22-11-9-16)25-21(18)27(2)26-14/h3-11,17,28H,12-13H2,1-2H3,(H,23,24,25)/t17-/m1/s1. The highest BCUT2D eigenvalue weighted by Crippen LogP contribution is 2.27. The lowest BCUT2D eigenvalue weighted by atomic mass is 10.1. The fourth-order valence-electron chi connectivity index (χ4n) is 3.33. The Bertz CT molecular complexity index is 1080. The van der Waals surface area contributed by atoms with E-state index < -0.39 is 0 Å². The van der Waals surface area contributed by atoms with Gasteiger partial charge in [-0.15, -0.1) is 0 Å². The van der Waals surface area contributed by atoms with Gasteiger partial charge < -0.3 is 10.4 Å². The van der Waals surface area contributed by atoms with Gasteiger partial charge >= 0.3 is 0 Å². The molecule has 7 heteroatoms. The van der Waals surface area contributed by atoms with Gasteiger partial charge in [0, 0.05) is 25.0 Å². The molecule has 0 aliphatic carbocycles. The van der Waals surface area contributed by atoms with Crippen LogP contribution in [0.15, 0.2) is 54.9 Å². The third kappa shape index (κ3) is 3.57. The Balaban J connectivity index is 1.76. The number of hydrogen-bond donors (Lipinski definition) is 2. The largest absolute Gasteiger partial charge is 0.394 e. The molecule has 4 aromatic rings. The summed E-state index contributed by atoms with van der Waals surface area (Å²) >= 11 is 0. The Morgan fingerprint density at radius 2 is 1.82 bits per heavy atom. The number of nitrogens with one attached hydrogen (secondary N) is 1. The van der Waals surface area contributed by atoms with Gasteiger partial charge in [0.15, 0.2) is 11.5 Å². The summed E-state index contributed by atoms with van der Waals surface area (Å²) in [5.74, 6) is 1.27. The second-order valence-corrected chi connectivity index (χ2v) is 6.75. The van der Waals surface area contributed by atoms with E-state index in [4.69, 9.17) is 9.97 Å². The number of aromatic nitrogens is 5. The predicted molar refractivity (Wildman–Crippen MR) is 109 cm³/mol. The van der Waals surface area contributed by atoms with Crippen LogP contribution in [0.25, 0.3) is 22.4 Å². The molecular weight excluding hydrogens is 352 g/mol. The molecular formula is C21H22N6O. The topological polar surface area (TPSA) is 88.8 Å². The van der Waals surface area contributed by atoms with Crippen molar-refractivity contribution in [2.45, 2.75) is 19.4 Å². The minimum Gasteiger partial charge on any atom is -0.394 e. The van der Waals surface area contributed by atoms with E-state index in [0.29, 0.717) is 18.1 Å². The number of nitrogens with zero attached hydrogens (tertiary/aromatic N) is 5. The Hall–Kier alpha value is -3.32. The van der Waals surface area contributed by atoms with Crippen LogP contribution < -0.4 is 5.32 Å². The highest BCUT2D eigenvalue weighted by molar-refractivity contribution is 5.91. The van der Waals surface area contributed by atoms with Crippen molar-refractivity contribution in [2.75, 3.05) is 11.9 Å². The number of fused-ring (bicyclic) bond motifs is 1. The van der Waals surface area contributed by atoms with Crippen molar-refractivity contribution >= 4 is 16.9 Å². The van der Waals surface area contributed by atoms with E-state index in [1.165, 1.54) is 0 Å². The third-order valence-electron chi connectivity index (χ3n) is 4.68. The van der Waals surface area contributed by atoms with E-state index in [2.05, 4.69) is 27.5 Å². The van der Waals surface area contributed by atoms with Crippen molar-refractivity contribution in [2.24, 2.45) is 7.05 Å². The molecule has 0 radical (unpaired) electrons. The molecule has 28 heavy (non-hydrogen) atoms. The van der Waals surface area contributed by atoms with Crippen LogP contribution in [0.3, 0.4) is 0 Å². The van der Waals surface area contributed by atoms with Gasteiger partial charge in [-0.2, -0.15) is 5.10 Å². The minimum atomic E-state index is -0.176. The van der Waals surface area contributed by atoms with Crippen molar-refractivity contribution in [3.05, 3.63) is 66.1 Å². The van der Waals surface area contributed by atoms with Gasteiger partial charge in [0.05, 0.1) is 23.7 Å². The van der Waals surface area contributed by atoms with E-state index in [-0.39, 0.29) is 12.6 Å². The fourth-order valence-corrected chi connectivity index (χ4v) is 3.33. The first-order valence-corrected chi connectivity index (χ1v) is 9.18. The van der Waals surface area contributed by atoms with Crippen molar-refractivity contribution in [1.29, 1.82) is 0 Å². The predicted octanol–water partition coefficient (Wildman–Crippen LogP) is 2.75. The lowest BCUT2D eigenvalue weighted by molar-refractivity contribution is 0.273. The van der Waals surface area contributed by atoms with Crippen LogP contribution in [-0.4, -0.2) is 42.5 Å². The van der Waals surface area contributed by atoms with Crippen LogP contribution in [0.2, 0.25) is 0 Å². The highest BCUT2D eigenvalue weighted by Gasteiger charge is 2.18. The number of rotatable bonds is 6. The Morgan fingerprint density at radius 1 is 1.07 bits per heavy atom. The molecule has 0 spiro atoms. The smallest absolute Gasteiger partial charge is 0.164 e. The number of aliphatic hydroxyl groups is 1. The fraction of sp³-hybridized carbons (Fsp3) is 0.238. The first-order chi connectivity index (χ1) is 13.7. The minimum absolute atomic E-state index is 0.00963. The molecule has 0 saturated carbocycles. The molecule has 0 aliphatic heterocycles. The van der Waals surface area contributed by atoms with Gasteiger partial charge in [-0.05, 0) is 31.0 Å². The molecule has 0 saturated heterocycles. The molecule has 7 nitrogen and oxygen atoms in total. The third-order valence-corrected chi connectivity index (χ3v) is 4.68. The molecule has 0 unspecified atom stereocenters. The summed E-state index contributed by atoms with van der Waals surface area (Å²) in [4.78, 5) is 13.5. The maximum Gasteiger partial charge on any atom is 0.164 e.